The summed E-state index contributed by atoms with van der Waals surface area (Å²) in [6.07, 6.45) is 0.149. The second-order valence-electron chi connectivity index (χ2n) is 7.24. The van der Waals surface area contributed by atoms with E-state index in [9.17, 15) is 4.79 Å². The van der Waals surface area contributed by atoms with Gasteiger partial charge in [0, 0.05) is 32.2 Å². The zero-order chi connectivity index (χ0) is 17.1. The lowest BCUT2D eigenvalue weighted by Crippen LogP contribution is -2.50. The average molecular weight is 331 g/mol. The quantitative estimate of drug-likeness (QED) is 0.818. The summed E-state index contributed by atoms with van der Waals surface area (Å²) in [5, 5.41) is 0. The molecule has 0 radical (unpaired) electrons. The molecule has 0 spiro atoms. The van der Waals surface area contributed by atoms with Crippen molar-refractivity contribution in [3.05, 3.63) is 35.9 Å². The van der Waals surface area contributed by atoms with E-state index in [1.165, 1.54) is 5.56 Å². The Morgan fingerprint density at radius 2 is 2.04 bits per heavy atom. The molecule has 3 rings (SSSR count). The van der Waals surface area contributed by atoms with Crippen molar-refractivity contribution in [1.82, 2.24) is 14.7 Å². The first-order chi connectivity index (χ1) is 11.5. The molecule has 0 saturated carbocycles. The molecule has 1 amide bonds. The Balaban J connectivity index is 1.61. The number of likely N-dealkylation sites (N-methyl/N-ethyl adjacent to an activating group) is 1. The molecule has 2 aliphatic rings. The highest BCUT2D eigenvalue weighted by atomic mass is 16.5. The number of likely N-dealkylation sites (tertiary alicyclic amines) is 1. The summed E-state index contributed by atoms with van der Waals surface area (Å²) in [4.78, 5) is 19.1. The Hall–Kier alpha value is -1.43. The Bertz CT molecular complexity index is 549. The molecule has 2 aliphatic heterocycles. The Morgan fingerprint density at radius 3 is 2.75 bits per heavy atom. The van der Waals surface area contributed by atoms with Crippen LogP contribution in [0, 0.1) is 0 Å². The summed E-state index contributed by atoms with van der Waals surface area (Å²) >= 11 is 0. The summed E-state index contributed by atoms with van der Waals surface area (Å²) in [7, 11) is 2.00. The molecule has 2 saturated heterocycles. The summed E-state index contributed by atoms with van der Waals surface area (Å²) < 4.78 is 5.95. The molecular weight excluding hydrogens is 302 g/mol. The van der Waals surface area contributed by atoms with Crippen LogP contribution in [-0.2, 0) is 16.1 Å². The van der Waals surface area contributed by atoms with E-state index in [-0.39, 0.29) is 12.0 Å². The maximum absolute atomic E-state index is 12.6. The Kier molecular flexibility index (Phi) is 5.54. The third-order valence-electron chi connectivity index (χ3n) is 5.26. The van der Waals surface area contributed by atoms with Gasteiger partial charge in [0.2, 0.25) is 5.91 Å². The molecule has 0 unspecified atom stereocenters. The molecule has 2 heterocycles. The lowest BCUT2D eigenvalue weighted by Gasteiger charge is -2.36. The second-order valence-corrected chi connectivity index (χ2v) is 7.24. The zero-order valence-corrected chi connectivity index (χ0v) is 15.0. The molecule has 0 aliphatic carbocycles. The van der Waals surface area contributed by atoms with Crippen LogP contribution in [0.4, 0.5) is 0 Å². The molecule has 132 valence electrons. The van der Waals surface area contributed by atoms with Gasteiger partial charge in [-0.15, -0.1) is 0 Å². The van der Waals surface area contributed by atoms with Crippen LogP contribution in [-0.4, -0.2) is 78.6 Å². The lowest BCUT2D eigenvalue weighted by molar-refractivity contribution is -0.131. The van der Waals surface area contributed by atoms with Crippen molar-refractivity contribution in [1.29, 1.82) is 0 Å². The second kappa shape index (κ2) is 7.64. The molecule has 5 nitrogen and oxygen atoms in total. The minimum Gasteiger partial charge on any atom is -0.373 e. The third kappa shape index (κ3) is 3.97. The van der Waals surface area contributed by atoms with Gasteiger partial charge in [0.05, 0.1) is 25.3 Å². The minimum absolute atomic E-state index is 0.149. The number of carbonyl (C=O) groups excluding carboxylic acids is 1. The molecule has 0 N–H and O–H groups in total. The largest absolute Gasteiger partial charge is 0.373 e. The van der Waals surface area contributed by atoms with Crippen molar-refractivity contribution in [2.45, 2.75) is 38.6 Å². The van der Waals surface area contributed by atoms with Crippen molar-refractivity contribution >= 4 is 5.91 Å². The molecule has 0 aromatic heterocycles. The van der Waals surface area contributed by atoms with Crippen molar-refractivity contribution in [2.75, 3.05) is 39.8 Å². The zero-order valence-electron chi connectivity index (χ0n) is 15.0. The summed E-state index contributed by atoms with van der Waals surface area (Å²) in [6.45, 7) is 8.83. The van der Waals surface area contributed by atoms with E-state index in [1.807, 2.05) is 18.0 Å². The van der Waals surface area contributed by atoms with Gasteiger partial charge in [-0.3, -0.25) is 14.6 Å². The normalized spacial score (nSPS) is 24.6. The number of benzene rings is 1. The predicted molar refractivity (Wildman–Crippen MR) is 94.7 cm³/mol. The number of hydrogen-bond donors (Lipinski definition) is 0. The standard InChI is InChI=1S/C19H29N3O2/c1-15(2)20(3)14-19(23)22-12-17-18(13-22)24-10-9-21(17)11-16-7-5-4-6-8-16/h4-8,15,17-18H,9-14H2,1-3H3/t17-,18+/m1/s1. The van der Waals surface area contributed by atoms with Gasteiger partial charge in [-0.1, -0.05) is 30.3 Å². The number of amides is 1. The van der Waals surface area contributed by atoms with Gasteiger partial charge in [0.15, 0.2) is 0 Å². The maximum atomic E-state index is 12.6. The van der Waals surface area contributed by atoms with Crippen LogP contribution in [0.2, 0.25) is 0 Å². The van der Waals surface area contributed by atoms with Crippen molar-refractivity contribution in [3.8, 4) is 0 Å². The fourth-order valence-electron chi connectivity index (χ4n) is 3.47. The Labute approximate surface area is 145 Å². The van der Waals surface area contributed by atoms with Crippen LogP contribution in [0.25, 0.3) is 0 Å². The number of ether oxygens (including phenoxy) is 1. The van der Waals surface area contributed by atoms with Crippen molar-refractivity contribution < 1.29 is 9.53 Å². The van der Waals surface area contributed by atoms with Crippen LogP contribution >= 0.6 is 0 Å². The van der Waals surface area contributed by atoms with Gasteiger partial charge in [-0.2, -0.15) is 0 Å². The van der Waals surface area contributed by atoms with E-state index < -0.39 is 0 Å². The molecular formula is C19H29N3O2. The molecule has 0 bridgehead atoms. The number of rotatable bonds is 5. The van der Waals surface area contributed by atoms with Crippen LogP contribution in [0.15, 0.2) is 30.3 Å². The Morgan fingerprint density at radius 1 is 1.29 bits per heavy atom. The topological polar surface area (TPSA) is 36.0 Å². The minimum atomic E-state index is 0.149. The maximum Gasteiger partial charge on any atom is 0.236 e. The SMILES string of the molecule is CC(C)N(C)CC(=O)N1C[C@@H]2OCCN(Cc3ccccc3)[C@@H]2C1. The highest BCUT2D eigenvalue weighted by Gasteiger charge is 2.41. The lowest BCUT2D eigenvalue weighted by atomic mass is 10.1. The predicted octanol–water partition coefficient (Wildman–Crippen LogP) is 1.44. The fourth-order valence-corrected chi connectivity index (χ4v) is 3.47. The van der Waals surface area contributed by atoms with E-state index >= 15 is 0 Å². The van der Waals surface area contributed by atoms with Crippen LogP contribution in [0.1, 0.15) is 19.4 Å². The molecule has 5 heteroatoms. The highest BCUT2D eigenvalue weighted by molar-refractivity contribution is 5.78. The summed E-state index contributed by atoms with van der Waals surface area (Å²) in [6, 6.07) is 11.2. The van der Waals surface area contributed by atoms with E-state index in [1.54, 1.807) is 0 Å². The molecule has 24 heavy (non-hydrogen) atoms. The van der Waals surface area contributed by atoms with Crippen molar-refractivity contribution in [2.24, 2.45) is 0 Å². The van der Waals surface area contributed by atoms with E-state index in [0.29, 0.717) is 18.6 Å². The number of carbonyl (C=O) groups is 1. The first kappa shape index (κ1) is 17.4. The van der Waals surface area contributed by atoms with Gasteiger partial charge in [-0.05, 0) is 26.5 Å². The third-order valence-corrected chi connectivity index (χ3v) is 5.26. The van der Waals surface area contributed by atoms with Crippen LogP contribution in [0.5, 0.6) is 0 Å². The molecule has 1 aromatic rings. The molecule has 2 atom stereocenters. The summed E-state index contributed by atoms with van der Waals surface area (Å²) in [5.74, 6) is 0.212. The number of hydrogen-bond acceptors (Lipinski definition) is 4. The number of nitrogens with zero attached hydrogens (tertiary/aromatic N) is 3. The van der Waals surface area contributed by atoms with Gasteiger partial charge in [0.25, 0.3) is 0 Å². The first-order valence-electron chi connectivity index (χ1n) is 8.92. The van der Waals surface area contributed by atoms with E-state index in [0.717, 1.165) is 32.8 Å². The van der Waals surface area contributed by atoms with Crippen molar-refractivity contribution in [3.63, 3.8) is 0 Å². The monoisotopic (exact) mass is 331 g/mol. The van der Waals surface area contributed by atoms with Crippen LogP contribution < -0.4 is 0 Å². The van der Waals surface area contributed by atoms with Crippen LogP contribution in [0.3, 0.4) is 0 Å². The smallest absolute Gasteiger partial charge is 0.236 e. The first-order valence-corrected chi connectivity index (χ1v) is 8.92. The number of fused-ring (bicyclic) bond motifs is 1. The van der Waals surface area contributed by atoms with Gasteiger partial charge in [0.1, 0.15) is 0 Å². The van der Waals surface area contributed by atoms with Gasteiger partial charge in [-0.25, -0.2) is 0 Å². The van der Waals surface area contributed by atoms with Gasteiger partial charge < -0.3 is 9.64 Å². The van der Waals surface area contributed by atoms with Gasteiger partial charge >= 0.3 is 0 Å². The molecule has 2 fully saturated rings. The highest BCUT2D eigenvalue weighted by Crippen LogP contribution is 2.24. The van der Waals surface area contributed by atoms with E-state index in [2.05, 4.69) is 47.9 Å². The number of morpholine rings is 1. The molecule has 1 aromatic carbocycles. The fraction of sp³-hybridized carbons (Fsp3) is 0.632. The summed E-state index contributed by atoms with van der Waals surface area (Å²) in [5.41, 5.74) is 1.32. The van der Waals surface area contributed by atoms with E-state index in [4.69, 9.17) is 4.74 Å². The average Bonchev–Trinajstić information content (AvgIpc) is 3.01.